The lowest BCUT2D eigenvalue weighted by Crippen LogP contribution is -1.99. The Balaban J connectivity index is 1.26. The van der Waals surface area contributed by atoms with E-state index in [0.29, 0.717) is 28.7 Å². The van der Waals surface area contributed by atoms with Crippen molar-refractivity contribution >= 4 is 28.2 Å². The van der Waals surface area contributed by atoms with Gasteiger partial charge in [0.05, 0.1) is 18.4 Å². The standard InChI is InChI=1S/C30H23N7O2/c1-38-22-7-4-6-19(18-22)27-23-8-2-3-9-24(23)28(37-36-27)34-20-11-13-21(14-12-20)39-29-25(10-5-16-32-29)26-15-17-33-30(31)35-26/h2-18H,1H3,(H,34,37)(H2,31,33,35). The Morgan fingerprint density at radius 2 is 1.59 bits per heavy atom. The fourth-order valence-corrected chi connectivity index (χ4v) is 4.23. The van der Waals surface area contributed by atoms with Crippen LogP contribution in [0.4, 0.5) is 17.5 Å². The van der Waals surface area contributed by atoms with E-state index in [1.807, 2.05) is 84.9 Å². The average molecular weight is 514 g/mol. The summed E-state index contributed by atoms with van der Waals surface area (Å²) in [4.78, 5) is 12.6. The average Bonchev–Trinajstić information content (AvgIpc) is 2.98. The largest absolute Gasteiger partial charge is 0.497 e. The zero-order chi connectivity index (χ0) is 26.6. The molecule has 190 valence electrons. The van der Waals surface area contributed by atoms with Crippen LogP contribution in [-0.4, -0.2) is 32.3 Å². The molecule has 0 aliphatic rings. The molecule has 9 nitrogen and oxygen atoms in total. The van der Waals surface area contributed by atoms with Crippen LogP contribution in [0.25, 0.3) is 33.3 Å². The zero-order valence-corrected chi connectivity index (χ0v) is 20.9. The maximum atomic E-state index is 6.08. The highest BCUT2D eigenvalue weighted by Gasteiger charge is 2.13. The summed E-state index contributed by atoms with van der Waals surface area (Å²) >= 11 is 0. The van der Waals surface area contributed by atoms with Crippen LogP contribution in [-0.2, 0) is 0 Å². The van der Waals surface area contributed by atoms with Gasteiger partial charge >= 0.3 is 0 Å². The van der Waals surface area contributed by atoms with E-state index in [0.717, 1.165) is 33.5 Å². The van der Waals surface area contributed by atoms with Crippen LogP contribution in [0.3, 0.4) is 0 Å². The maximum Gasteiger partial charge on any atom is 0.228 e. The number of nitrogens with zero attached hydrogens (tertiary/aromatic N) is 5. The SMILES string of the molecule is COc1cccc(-c2nnc(Nc3ccc(Oc4ncccc4-c4ccnc(N)n4)cc3)c3ccccc23)c1. The van der Waals surface area contributed by atoms with Crippen molar-refractivity contribution in [1.29, 1.82) is 0 Å². The quantitative estimate of drug-likeness (QED) is 0.254. The summed E-state index contributed by atoms with van der Waals surface area (Å²) in [5.41, 5.74) is 9.66. The molecule has 0 saturated carbocycles. The van der Waals surface area contributed by atoms with E-state index in [2.05, 4.69) is 30.5 Å². The van der Waals surface area contributed by atoms with Gasteiger partial charge in [0, 0.05) is 34.4 Å². The number of ether oxygens (including phenoxy) is 2. The normalized spacial score (nSPS) is 10.8. The van der Waals surface area contributed by atoms with Crippen LogP contribution in [0.5, 0.6) is 17.4 Å². The van der Waals surface area contributed by atoms with E-state index in [-0.39, 0.29) is 5.95 Å². The van der Waals surface area contributed by atoms with Crippen LogP contribution < -0.4 is 20.5 Å². The lowest BCUT2D eigenvalue weighted by Gasteiger charge is -2.13. The molecule has 3 heterocycles. The molecule has 6 aromatic rings. The molecule has 3 aromatic heterocycles. The Bertz CT molecular complexity index is 1770. The monoisotopic (exact) mass is 513 g/mol. The molecule has 0 aliphatic heterocycles. The third-order valence-corrected chi connectivity index (χ3v) is 6.08. The van der Waals surface area contributed by atoms with Gasteiger partial charge in [-0.05, 0) is 54.6 Å². The number of hydrogen-bond donors (Lipinski definition) is 2. The fourth-order valence-electron chi connectivity index (χ4n) is 4.23. The molecule has 6 rings (SSSR count). The first-order chi connectivity index (χ1) is 19.2. The molecule has 9 heteroatoms. The van der Waals surface area contributed by atoms with Crippen molar-refractivity contribution in [3.05, 3.63) is 103 Å². The molecule has 0 aliphatic carbocycles. The van der Waals surface area contributed by atoms with Crippen LogP contribution >= 0.6 is 0 Å². The number of methoxy groups -OCH3 is 1. The highest BCUT2D eigenvalue weighted by atomic mass is 16.5. The van der Waals surface area contributed by atoms with Crippen LogP contribution in [0.15, 0.2) is 103 Å². The third-order valence-electron chi connectivity index (χ3n) is 6.08. The number of aromatic nitrogens is 5. The molecule has 0 atom stereocenters. The first-order valence-electron chi connectivity index (χ1n) is 12.2. The van der Waals surface area contributed by atoms with Gasteiger partial charge in [-0.2, -0.15) is 0 Å². The van der Waals surface area contributed by atoms with Gasteiger partial charge in [0.25, 0.3) is 0 Å². The van der Waals surface area contributed by atoms with Gasteiger partial charge in [0.15, 0.2) is 5.82 Å². The number of nitrogens with one attached hydrogen (secondary N) is 1. The molecule has 0 saturated heterocycles. The Hall–Kier alpha value is -5.57. The van der Waals surface area contributed by atoms with Crippen molar-refractivity contribution in [3.63, 3.8) is 0 Å². The predicted molar refractivity (Wildman–Crippen MR) is 151 cm³/mol. The summed E-state index contributed by atoms with van der Waals surface area (Å²) in [6.45, 7) is 0. The van der Waals surface area contributed by atoms with Crippen molar-refractivity contribution in [2.24, 2.45) is 0 Å². The lowest BCUT2D eigenvalue weighted by atomic mass is 10.0. The number of hydrogen-bond acceptors (Lipinski definition) is 9. The minimum absolute atomic E-state index is 0.185. The molecule has 0 fully saturated rings. The lowest BCUT2D eigenvalue weighted by molar-refractivity contribution is 0.415. The number of benzene rings is 3. The summed E-state index contributed by atoms with van der Waals surface area (Å²) in [6.07, 6.45) is 3.27. The Morgan fingerprint density at radius 1 is 0.744 bits per heavy atom. The molecular weight excluding hydrogens is 490 g/mol. The van der Waals surface area contributed by atoms with Gasteiger partial charge in [-0.1, -0.05) is 36.4 Å². The van der Waals surface area contributed by atoms with Gasteiger partial charge < -0.3 is 20.5 Å². The van der Waals surface area contributed by atoms with Crippen molar-refractivity contribution in [2.45, 2.75) is 0 Å². The van der Waals surface area contributed by atoms with E-state index in [4.69, 9.17) is 15.2 Å². The van der Waals surface area contributed by atoms with Gasteiger partial charge in [0.2, 0.25) is 11.8 Å². The smallest absolute Gasteiger partial charge is 0.228 e. The number of nitrogen functional groups attached to an aromatic ring is 1. The Kier molecular flexibility index (Phi) is 6.36. The first-order valence-corrected chi connectivity index (χ1v) is 12.2. The van der Waals surface area contributed by atoms with Crippen LogP contribution in [0.1, 0.15) is 0 Å². The molecule has 0 unspecified atom stereocenters. The number of rotatable bonds is 7. The van der Waals surface area contributed by atoms with Gasteiger partial charge in [0.1, 0.15) is 17.2 Å². The molecule has 0 amide bonds. The second-order valence-corrected chi connectivity index (χ2v) is 8.58. The predicted octanol–water partition coefficient (Wildman–Crippen LogP) is 6.28. The topological polar surface area (TPSA) is 121 Å². The van der Waals surface area contributed by atoms with Gasteiger partial charge in [-0.15, -0.1) is 10.2 Å². The van der Waals surface area contributed by atoms with Crippen molar-refractivity contribution in [3.8, 4) is 39.9 Å². The highest BCUT2D eigenvalue weighted by molar-refractivity contribution is 6.00. The third kappa shape index (κ3) is 5.01. The van der Waals surface area contributed by atoms with E-state index >= 15 is 0 Å². The Labute approximate surface area is 224 Å². The second-order valence-electron chi connectivity index (χ2n) is 8.58. The number of nitrogens with two attached hydrogens (primary N) is 1. The first kappa shape index (κ1) is 23.8. The molecule has 0 radical (unpaired) electrons. The summed E-state index contributed by atoms with van der Waals surface area (Å²) in [7, 11) is 1.65. The van der Waals surface area contributed by atoms with Crippen LogP contribution in [0, 0.1) is 0 Å². The van der Waals surface area contributed by atoms with E-state index in [1.165, 1.54) is 0 Å². The minimum atomic E-state index is 0.185. The van der Waals surface area contributed by atoms with E-state index in [1.54, 1.807) is 25.6 Å². The summed E-state index contributed by atoms with van der Waals surface area (Å²) in [5.74, 6) is 2.64. The second kappa shape index (κ2) is 10.4. The van der Waals surface area contributed by atoms with E-state index in [9.17, 15) is 0 Å². The number of pyridine rings is 1. The van der Waals surface area contributed by atoms with Crippen LogP contribution in [0.2, 0.25) is 0 Å². The van der Waals surface area contributed by atoms with E-state index < -0.39 is 0 Å². The molecule has 0 spiro atoms. The highest BCUT2D eigenvalue weighted by Crippen LogP contribution is 2.34. The van der Waals surface area contributed by atoms with Crippen molar-refractivity contribution < 1.29 is 9.47 Å². The number of fused-ring (bicyclic) bond motifs is 1. The summed E-state index contributed by atoms with van der Waals surface area (Å²) in [5, 5.41) is 14.4. The Morgan fingerprint density at radius 3 is 2.41 bits per heavy atom. The van der Waals surface area contributed by atoms with Crippen molar-refractivity contribution in [1.82, 2.24) is 25.1 Å². The number of anilines is 3. The molecular formula is C30H23N7O2. The fraction of sp³-hybridized carbons (Fsp3) is 0.0333. The van der Waals surface area contributed by atoms with Gasteiger partial charge in [-0.3, -0.25) is 0 Å². The summed E-state index contributed by atoms with van der Waals surface area (Å²) < 4.78 is 11.5. The van der Waals surface area contributed by atoms with Crippen molar-refractivity contribution in [2.75, 3.05) is 18.2 Å². The molecule has 39 heavy (non-hydrogen) atoms. The minimum Gasteiger partial charge on any atom is -0.497 e. The van der Waals surface area contributed by atoms with Gasteiger partial charge in [-0.25, -0.2) is 15.0 Å². The molecule has 0 bridgehead atoms. The molecule has 3 aromatic carbocycles. The summed E-state index contributed by atoms with van der Waals surface area (Å²) in [6, 6.07) is 28.8. The zero-order valence-electron chi connectivity index (χ0n) is 20.9. The maximum absolute atomic E-state index is 6.08. The molecule has 3 N–H and O–H groups in total.